The van der Waals surface area contributed by atoms with Crippen molar-refractivity contribution >= 4 is 6.09 Å². The summed E-state index contributed by atoms with van der Waals surface area (Å²) in [5.41, 5.74) is -0.372. The van der Waals surface area contributed by atoms with Crippen LogP contribution in [0, 0.1) is 5.92 Å². The average Bonchev–Trinajstić information content (AvgIpc) is 3.17. The van der Waals surface area contributed by atoms with E-state index < -0.39 is 0 Å². The molecule has 2 heterocycles. The lowest BCUT2D eigenvalue weighted by molar-refractivity contribution is 0.0289. The van der Waals surface area contributed by atoms with Gasteiger partial charge >= 0.3 is 6.09 Å². The zero-order valence-corrected chi connectivity index (χ0v) is 17.2. The van der Waals surface area contributed by atoms with Crippen molar-refractivity contribution in [1.29, 1.82) is 0 Å². The van der Waals surface area contributed by atoms with Gasteiger partial charge in [0.15, 0.2) is 0 Å². The van der Waals surface area contributed by atoms with Gasteiger partial charge in [-0.1, -0.05) is 40.5 Å². The fourth-order valence-electron chi connectivity index (χ4n) is 2.73. The molecule has 0 bridgehead atoms. The van der Waals surface area contributed by atoms with Gasteiger partial charge in [0.05, 0.1) is 6.10 Å². The number of hydrogen-bond donors (Lipinski definition) is 0. The van der Waals surface area contributed by atoms with Gasteiger partial charge in [-0.05, 0) is 52.4 Å². The zero-order valence-electron chi connectivity index (χ0n) is 17.2. The van der Waals surface area contributed by atoms with Gasteiger partial charge in [-0.2, -0.15) is 0 Å². The van der Waals surface area contributed by atoms with Gasteiger partial charge in [-0.25, -0.2) is 4.79 Å². The SMILES string of the molecule is CC.CC1CCN(C(=O)OC(C)(C)C)C1.CCCCC1CCCO1. The predicted molar refractivity (Wildman–Crippen MR) is 101 cm³/mol. The number of hydrogen-bond acceptors (Lipinski definition) is 3. The van der Waals surface area contributed by atoms with Crippen LogP contribution < -0.4 is 0 Å². The highest BCUT2D eigenvalue weighted by atomic mass is 16.6. The van der Waals surface area contributed by atoms with E-state index in [-0.39, 0.29) is 11.7 Å². The summed E-state index contributed by atoms with van der Waals surface area (Å²) in [5, 5.41) is 0. The second-order valence-electron chi connectivity index (χ2n) is 7.60. The van der Waals surface area contributed by atoms with E-state index in [1.54, 1.807) is 4.90 Å². The van der Waals surface area contributed by atoms with Crippen molar-refractivity contribution in [3.8, 4) is 0 Å². The number of unbranched alkanes of at least 4 members (excludes halogenated alkanes) is 1. The van der Waals surface area contributed by atoms with Gasteiger partial charge in [-0.3, -0.25) is 0 Å². The molecule has 2 fully saturated rings. The Kier molecular flexibility index (Phi) is 12.2. The van der Waals surface area contributed by atoms with Crippen molar-refractivity contribution in [2.24, 2.45) is 5.92 Å². The molecule has 2 saturated heterocycles. The van der Waals surface area contributed by atoms with Crippen LogP contribution in [-0.4, -0.2) is 42.4 Å². The Bertz CT molecular complexity index is 319. The molecule has 0 aliphatic carbocycles. The predicted octanol–water partition coefficient (Wildman–Crippen LogP) is 5.65. The number of ether oxygens (including phenoxy) is 2. The number of rotatable bonds is 3. The van der Waals surface area contributed by atoms with Crippen LogP contribution >= 0.6 is 0 Å². The molecule has 4 heteroatoms. The van der Waals surface area contributed by atoms with Gasteiger partial charge in [0, 0.05) is 19.7 Å². The highest BCUT2D eigenvalue weighted by Crippen LogP contribution is 2.18. The molecule has 0 radical (unpaired) electrons. The van der Waals surface area contributed by atoms with Crippen molar-refractivity contribution in [3.05, 3.63) is 0 Å². The van der Waals surface area contributed by atoms with Crippen LogP contribution in [0.5, 0.6) is 0 Å². The Hall–Kier alpha value is -0.770. The monoisotopic (exact) mass is 343 g/mol. The third kappa shape index (κ3) is 10.9. The summed E-state index contributed by atoms with van der Waals surface area (Å²) in [7, 11) is 0. The van der Waals surface area contributed by atoms with Crippen molar-refractivity contribution in [3.63, 3.8) is 0 Å². The van der Waals surface area contributed by atoms with E-state index in [4.69, 9.17) is 9.47 Å². The summed E-state index contributed by atoms with van der Waals surface area (Å²) in [6.45, 7) is 16.8. The van der Waals surface area contributed by atoms with E-state index >= 15 is 0 Å². The van der Waals surface area contributed by atoms with Crippen LogP contribution in [0.2, 0.25) is 0 Å². The molecule has 0 saturated carbocycles. The standard InChI is InChI=1S/C10H19NO2.C8H16O.C2H6/c1-8-5-6-11(7-8)9(12)13-10(2,3)4;1-2-3-5-8-6-4-7-9-8;1-2/h8H,5-7H2,1-4H3;8H,2-7H2,1H3;1-2H3. The molecule has 24 heavy (non-hydrogen) atoms. The first-order valence-corrected chi connectivity index (χ1v) is 9.91. The fraction of sp³-hybridized carbons (Fsp3) is 0.950. The Morgan fingerprint density at radius 1 is 1.25 bits per heavy atom. The molecule has 4 nitrogen and oxygen atoms in total. The molecule has 2 atom stereocenters. The molecule has 0 aromatic heterocycles. The minimum atomic E-state index is -0.372. The molecule has 1 amide bonds. The van der Waals surface area contributed by atoms with E-state index in [0.29, 0.717) is 12.0 Å². The minimum absolute atomic E-state index is 0.170. The molecule has 0 spiro atoms. The molecular formula is C20H41NO3. The summed E-state index contributed by atoms with van der Waals surface area (Å²) in [6, 6.07) is 0. The summed E-state index contributed by atoms with van der Waals surface area (Å²) < 4.78 is 10.7. The lowest BCUT2D eigenvalue weighted by atomic mass is 10.1. The normalized spacial score (nSPS) is 23.0. The van der Waals surface area contributed by atoms with Crippen LogP contribution in [0.25, 0.3) is 0 Å². The number of amides is 1. The van der Waals surface area contributed by atoms with E-state index in [2.05, 4.69) is 13.8 Å². The number of carbonyl (C=O) groups is 1. The average molecular weight is 344 g/mol. The van der Waals surface area contributed by atoms with Crippen molar-refractivity contribution in [1.82, 2.24) is 4.90 Å². The lowest BCUT2D eigenvalue weighted by Gasteiger charge is -2.24. The van der Waals surface area contributed by atoms with Gasteiger partial charge in [0.1, 0.15) is 5.60 Å². The Labute approximate surface area is 150 Å². The van der Waals surface area contributed by atoms with E-state index in [1.165, 1.54) is 32.1 Å². The largest absolute Gasteiger partial charge is 0.444 e. The molecule has 2 unspecified atom stereocenters. The fourth-order valence-corrected chi connectivity index (χ4v) is 2.73. The maximum absolute atomic E-state index is 11.5. The first-order chi connectivity index (χ1) is 11.3. The van der Waals surface area contributed by atoms with Crippen LogP contribution in [-0.2, 0) is 9.47 Å². The third-order valence-corrected chi connectivity index (χ3v) is 3.98. The van der Waals surface area contributed by atoms with Crippen LogP contribution in [0.4, 0.5) is 4.79 Å². The first kappa shape index (κ1) is 23.2. The highest BCUT2D eigenvalue weighted by molar-refractivity contribution is 5.68. The number of likely N-dealkylation sites (tertiary alicyclic amines) is 1. The maximum Gasteiger partial charge on any atom is 0.410 e. The molecule has 2 rings (SSSR count). The maximum atomic E-state index is 11.5. The molecule has 2 aliphatic rings. The van der Waals surface area contributed by atoms with Crippen molar-refractivity contribution < 1.29 is 14.3 Å². The van der Waals surface area contributed by atoms with Crippen LogP contribution in [0.15, 0.2) is 0 Å². The highest BCUT2D eigenvalue weighted by Gasteiger charge is 2.27. The third-order valence-electron chi connectivity index (χ3n) is 3.98. The number of carbonyl (C=O) groups excluding carboxylic acids is 1. The van der Waals surface area contributed by atoms with E-state index in [0.717, 1.165) is 26.1 Å². The first-order valence-electron chi connectivity index (χ1n) is 9.91. The molecular weight excluding hydrogens is 302 g/mol. The summed E-state index contributed by atoms with van der Waals surface area (Å²) in [6.07, 6.45) is 8.07. The molecule has 0 aromatic rings. The van der Waals surface area contributed by atoms with Crippen molar-refractivity contribution in [2.75, 3.05) is 19.7 Å². The van der Waals surface area contributed by atoms with E-state index in [9.17, 15) is 4.79 Å². The topological polar surface area (TPSA) is 38.8 Å². The molecule has 0 aromatic carbocycles. The van der Waals surface area contributed by atoms with Crippen molar-refractivity contribution in [2.45, 2.75) is 98.7 Å². The summed E-state index contributed by atoms with van der Waals surface area (Å²) in [4.78, 5) is 13.3. The van der Waals surface area contributed by atoms with Gasteiger partial charge < -0.3 is 14.4 Å². The van der Waals surface area contributed by atoms with E-state index in [1.807, 2.05) is 34.6 Å². The smallest absolute Gasteiger partial charge is 0.410 e. The van der Waals surface area contributed by atoms with Gasteiger partial charge in [0.25, 0.3) is 0 Å². The quantitative estimate of drug-likeness (QED) is 0.665. The Balaban J connectivity index is 0.000000420. The molecule has 144 valence electrons. The zero-order chi connectivity index (χ0) is 18.6. The Morgan fingerprint density at radius 2 is 1.92 bits per heavy atom. The molecule has 0 N–H and O–H groups in total. The van der Waals surface area contributed by atoms with Gasteiger partial charge in [0.2, 0.25) is 0 Å². The summed E-state index contributed by atoms with van der Waals surface area (Å²) in [5.74, 6) is 0.618. The number of nitrogens with zero attached hydrogens (tertiary/aromatic N) is 1. The molecule has 2 aliphatic heterocycles. The minimum Gasteiger partial charge on any atom is -0.444 e. The Morgan fingerprint density at radius 3 is 2.33 bits per heavy atom. The lowest BCUT2D eigenvalue weighted by Crippen LogP contribution is -2.35. The second-order valence-corrected chi connectivity index (χ2v) is 7.60. The summed E-state index contributed by atoms with van der Waals surface area (Å²) >= 11 is 0. The van der Waals surface area contributed by atoms with Crippen LogP contribution in [0.3, 0.4) is 0 Å². The second kappa shape index (κ2) is 12.6. The van der Waals surface area contributed by atoms with Gasteiger partial charge in [-0.15, -0.1) is 0 Å². The van der Waals surface area contributed by atoms with Crippen LogP contribution in [0.1, 0.15) is 87.0 Å².